The lowest BCUT2D eigenvalue weighted by Gasteiger charge is -2.28. The summed E-state index contributed by atoms with van der Waals surface area (Å²) in [6.07, 6.45) is 18.5. The first-order valence-corrected chi connectivity index (χ1v) is 9.41. The standard InChI is InChI=1S/C19H40O/c1-4-7-10-12-13-15-18-19(20,16-9-6-3)17-14-11-8-5-2/h20H,4-18H2,1-3H3. The van der Waals surface area contributed by atoms with E-state index in [-0.39, 0.29) is 5.60 Å². The monoisotopic (exact) mass is 284 g/mol. The van der Waals surface area contributed by atoms with Crippen molar-refractivity contribution in [1.29, 1.82) is 0 Å². The van der Waals surface area contributed by atoms with Crippen LogP contribution >= 0.6 is 0 Å². The Bertz CT molecular complexity index is 190. The summed E-state index contributed by atoms with van der Waals surface area (Å²) in [7, 11) is 0. The molecule has 0 saturated carbocycles. The van der Waals surface area contributed by atoms with Crippen LogP contribution in [0.2, 0.25) is 0 Å². The third-order valence-corrected chi connectivity index (χ3v) is 4.49. The zero-order valence-electron chi connectivity index (χ0n) is 14.6. The van der Waals surface area contributed by atoms with Gasteiger partial charge in [-0.2, -0.15) is 0 Å². The average molecular weight is 285 g/mol. The molecule has 0 rings (SSSR count). The van der Waals surface area contributed by atoms with Crippen LogP contribution in [0.3, 0.4) is 0 Å². The predicted molar refractivity (Wildman–Crippen MR) is 91.2 cm³/mol. The van der Waals surface area contributed by atoms with Gasteiger partial charge in [-0.25, -0.2) is 0 Å². The average Bonchev–Trinajstić information content (AvgIpc) is 2.45. The SMILES string of the molecule is CCCCCCCCC(O)(CCCC)CCCCCC. The van der Waals surface area contributed by atoms with Crippen LogP contribution in [-0.2, 0) is 0 Å². The minimum absolute atomic E-state index is 0.353. The Labute approximate surface area is 128 Å². The molecule has 0 saturated heterocycles. The molecule has 0 radical (unpaired) electrons. The molecule has 0 fully saturated rings. The number of hydrogen-bond donors (Lipinski definition) is 1. The van der Waals surface area contributed by atoms with Gasteiger partial charge in [0, 0.05) is 0 Å². The molecule has 1 atom stereocenters. The first kappa shape index (κ1) is 20.0. The quantitative estimate of drug-likeness (QED) is 0.335. The Balaban J connectivity index is 3.85. The Morgan fingerprint density at radius 3 is 1.35 bits per heavy atom. The van der Waals surface area contributed by atoms with E-state index in [0.717, 1.165) is 19.3 Å². The largest absolute Gasteiger partial charge is 0.390 e. The number of hydrogen-bond acceptors (Lipinski definition) is 1. The van der Waals surface area contributed by atoms with Crippen LogP contribution in [0.5, 0.6) is 0 Å². The molecule has 0 aromatic heterocycles. The molecule has 1 nitrogen and oxygen atoms in total. The fourth-order valence-corrected chi connectivity index (χ4v) is 3.00. The van der Waals surface area contributed by atoms with Crippen molar-refractivity contribution in [2.24, 2.45) is 0 Å². The smallest absolute Gasteiger partial charge is 0.0647 e. The zero-order valence-corrected chi connectivity index (χ0v) is 14.6. The fraction of sp³-hybridized carbons (Fsp3) is 1.00. The van der Waals surface area contributed by atoms with Gasteiger partial charge in [-0.3, -0.25) is 0 Å². The first-order chi connectivity index (χ1) is 9.68. The van der Waals surface area contributed by atoms with E-state index in [2.05, 4.69) is 20.8 Å². The van der Waals surface area contributed by atoms with E-state index in [9.17, 15) is 5.11 Å². The van der Waals surface area contributed by atoms with Crippen molar-refractivity contribution in [3.63, 3.8) is 0 Å². The zero-order chi connectivity index (χ0) is 15.1. The van der Waals surface area contributed by atoms with Crippen LogP contribution in [-0.4, -0.2) is 10.7 Å². The summed E-state index contributed by atoms with van der Waals surface area (Å²) >= 11 is 0. The molecule has 0 aromatic rings. The van der Waals surface area contributed by atoms with Crippen molar-refractivity contribution in [2.75, 3.05) is 0 Å². The molecule has 0 aliphatic rings. The van der Waals surface area contributed by atoms with Crippen molar-refractivity contribution in [3.8, 4) is 0 Å². The van der Waals surface area contributed by atoms with E-state index in [1.165, 1.54) is 77.0 Å². The van der Waals surface area contributed by atoms with E-state index in [4.69, 9.17) is 0 Å². The molecule has 0 heterocycles. The van der Waals surface area contributed by atoms with Gasteiger partial charge < -0.3 is 5.11 Å². The van der Waals surface area contributed by atoms with E-state index >= 15 is 0 Å². The van der Waals surface area contributed by atoms with Crippen LogP contribution in [0.25, 0.3) is 0 Å². The van der Waals surface area contributed by atoms with E-state index in [0.29, 0.717) is 0 Å². The maximum absolute atomic E-state index is 10.8. The van der Waals surface area contributed by atoms with Gasteiger partial charge in [0.25, 0.3) is 0 Å². The van der Waals surface area contributed by atoms with Crippen LogP contribution in [0, 0.1) is 0 Å². The highest BCUT2D eigenvalue weighted by molar-refractivity contribution is 4.78. The number of rotatable bonds is 15. The summed E-state index contributed by atoms with van der Waals surface area (Å²) in [5.74, 6) is 0. The minimum atomic E-state index is -0.353. The summed E-state index contributed by atoms with van der Waals surface area (Å²) in [5.41, 5.74) is -0.353. The number of aliphatic hydroxyl groups is 1. The van der Waals surface area contributed by atoms with Crippen molar-refractivity contribution in [3.05, 3.63) is 0 Å². The van der Waals surface area contributed by atoms with Crippen LogP contribution in [0.4, 0.5) is 0 Å². The molecule has 20 heavy (non-hydrogen) atoms. The van der Waals surface area contributed by atoms with Gasteiger partial charge in [-0.1, -0.05) is 97.8 Å². The first-order valence-electron chi connectivity index (χ1n) is 9.41. The van der Waals surface area contributed by atoms with Gasteiger partial charge in [0.05, 0.1) is 5.60 Å². The lowest BCUT2D eigenvalue weighted by molar-refractivity contribution is 0.00749. The van der Waals surface area contributed by atoms with Crippen LogP contribution in [0.1, 0.15) is 117 Å². The minimum Gasteiger partial charge on any atom is -0.390 e. The van der Waals surface area contributed by atoms with Crippen molar-refractivity contribution >= 4 is 0 Å². The molecule has 1 heteroatoms. The van der Waals surface area contributed by atoms with Crippen LogP contribution in [0.15, 0.2) is 0 Å². The molecule has 1 unspecified atom stereocenters. The summed E-state index contributed by atoms with van der Waals surface area (Å²) in [4.78, 5) is 0. The lowest BCUT2D eigenvalue weighted by atomic mass is 9.85. The van der Waals surface area contributed by atoms with E-state index in [1.54, 1.807) is 0 Å². The van der Waals surface area contributed by atoms with Crippen molar-refractivity contribution in [1.82, 2.24) is 0 Å². The molecular weight excluding hydrogens is 244 g/mol. The van der Waals surface area contributed by atoms with E-state index in [1.807, 2.05) is 0 Å². The fourth-order valence-electron chi connectivity index (χ4n) is 3.00. The van der Waals surface area contributed by atoms with Gasteiger partial charge in [0.2, 0.25) is 0 Å². The van der Waals surface area contributed by atoms with Crippen molar-refractivity contribution in [2.45, 2.75) is 123 Å². The molecule has 0 aliphatic heterocycles. The normalized spacial score (nSPS) is 14.4. The summed E-state index contributed by atoms with van der Waals surface area (Å²) in [6, 6.07) is 0. The highest BCUT2D eigenvalue weighted by Crippen LogP contribution is 2.28. The third kappa shape index (κ3) is 11.8. The number of unbranched alkanes of at least 4 members (excludes halogenated alkanes) is 9. The maximum atomic E-state index is 10.8. The second kappa shape index (κ2) is 13.9. The Morgan fingerprint density at radius 2 is 0.850 bits per heavy atom. The molecule has 1 N–H and O–H groups in total. The van der Waals surface area contributed by atoms with Gasteiger partial charge >= 0.3 is 0 Å². The molecule has 0 bridgehead atoms. The molecular formula is C19H40O. The molecule has 0 spiro atoms. The van der Waals surface area contributed by atoms with Crippen LogP contribution < -0.4 is 0 Å². The van der Waals surface area contributed by atoms with Gasteiger partial charge in [-0.05, 0) is 19.3 Å². The molecule has 122 valence electrons. The third-order valence-electron chi connectivity index (χ3n) is 4.49. The highest BCUT2D eigenvalue weighted by Gasteiger charge is 2.24. The highest BCUT2D eigenvalue weighted by atomic mass is 16.3. The van der Waals surface area contributed by atoms with Gasteiger partial charge in [-0.15, -0.1) is 0 Å². The predicted octanol–water partition coefficient (Wildman–Crippen LogP) is 6.63. The topological polar surface area (TPSA) is 20.2 Å². The summed E-state index contributed by atoms with van der Waals surface area (Å²) < 4.78 is 0. The Hall–Kier alpha value is -0.0400. The second-order valence-corrected chi connectivity index (χ2v) is 6.66. The van der Waals surface area contributed by atoms with Crippen molar-refractivity contribution < 1.29 is 5.11 Å². The van der Waals surface area contributed by atoms with Gasteiger partial charge in [0.1, 0.15) is 0 Å². The summed E-state index contributed by atoms with van der Waals surface area (Å²) in [6.45, 7) is 6.74. The summed E-state index contributed by atoms with van der Waals surface area (Å²) in [5, 5.41) is 10.8. The molecule has 0 aromatic carbocycles. The second-order valence-electron chi connectivity index (χ2n) is 6.66. The lowest BCUT2D eigenvalue weighted by Crippen LogP contribution is -2.28. The maximum Gasteiger partial charge on any atom is 0.0647 e. The van der Waals surface area contributed by atoms with E-state index < -0.39 is 0 Å². The molecule has 0 amide bonds. The van der Waals surface area contributed by atoms with Gasteiger partial charge in [0.15, 0.2) is 0 Å². The Morgan fingerprint density at radius 1 is 0.500 bits per heavy atom. The Kier molecular flexibility index (Phi) is 13.9. The molecule has 0 aliphatic carbocycles.